The summed E-state index contributed by atoms with van der Waals surface area (Å²) in [5, 5.41) is 0. The van der Waals surface area contributed by atoms with E-state index in [2.05, 4.69) is 0 Å². The molecule has 1 aliphatic heterocycles. The molecule has 0 aromatic rings. The largest absolute Gasteiger partial charge is 0.379 e. The first-order valence-corrected chi connectivity index (χ1v) is 4.81. The van der Waals surface area contributed by atoms with Gasteiger partial charge >= 0.3 is 0 Å². The van der Waals surface area contributed by atoms with E-state index in [4.69, 9.17) is 15.2 Å². The van der Waals surface area contributed by atoms with E-state index in [0.29, 0.717) is 6.61 Å². The van der Waals surface area contributed by atoms with Crippen LogP contribution in [0.3, 0.4) is 0 Å². The highest BCUT2D eigenvalue weighted by atomic mass is 16.5. The molecule has 12 heavy (non-hydrogen) atoms. The molecule has 3 heteroatoms. The SMILES string of the molecule is NC1CCOCC1OCC1CC1. The zero-order valence-electron chi connectivity index (χ0n) is 7.37. The molecule has 2 fully saturated rings. The van der Waals surface area contributed by atoms with E-state index < -0.39 is 0 Å². The fraction of sp³-hybridized carbons (Fsp3) is 1.00. The number of hydrogen-bond donors (Lipinski definition) is 1. The van der Waals surface area contributed by atoms with Crippen LogP contribution >= 0.6 is 0 Å². The Morgan fingerprint density at radius 2 is 2.17 bits per heavy atom. The quantitative estimate of drug-likeness (QED) is 0.673. The van der Waals surface area contributed by atoms with Crippen LogP contribution < -0.4 is 5.73 Å². The van der Waals surface area contributed by atoms with Gasteiger partial charge in [-0.1, -0.05) is 0 Å². The Kier molecular flexibility index (Phi) is 2.63. The van der Waals surface area contributed by atoms with Crippen LogP contribution in [0.1, 0.15) is 19.3 Å². The summed E-state index contributed by atoms with van der Waals surface area (Å²) in [6, 6.07) is 0.192. The summed E-state index contributed by atoms with van der Waals surface area (Å²) in [7, 11) is 0. The summed E-state index contributed by atoms with van der Waals surface area (Å²) in [4.78, 5) is 0. The zero-order valence-corrected chi connectivity index (χ0v) is 7.37. The summed E-state index contributed by atoms with van der Waals surface area (Å²) in [5.74, 6) is 0.819. The standard InChI is InChI=1S/C9H17NO2/c10-8-3-4-11-6-9(8)12-5-7-1-2-7/h7-9H,1-6,10H2. The first-order valence-electron chi connectivity index (χ1n) is 4.81. The van der Waals surface area contributed by atoms with Crippen LogP contribution in [0, 0.1) is 5.92 Å². The number of hydrogen-bond acceptors (Lipinski definition) is 3. The molecule has 2 atom stereocenters. The Bertz CT molecular complexity index is 147. The van der Waals surface area contributed by atoms with Crippen molar-refractivity contribution in [1.82, 2.24) is 0 Å². The van der Waals surface area contributed by atoms with E-state index in [0.717, 1.165) is 25.6 Å². The van der Waals surface area contributed by atoms with E-state index >= 15 is 0 Å². The lowest BCUT2D eigenvalue weighted by Crippen LogP contribution is -2.44. The van der Waals surface area contributed by atoms with Crippen molar-refractivity contribution in [2.45, 2.75) is 31.4 Å². The van der Waals surface area contributed by atoms with Gasteiger partial charge in [0.2, 0.25) is 0 Å². The molecule has 1 saturated heterocycles. The van der Waals surface area contributed by atoms with E-state index in [-0.39, 0.29) is 12.1 Å². The van der Waals surface area contributed by atoms with Gasteiger partial charge in [0.15, 0.2) is 0 Å². The predicted molar refractivity (Wildman–Crippen MR) is 45.9 cm³/mol. The Labute approximate surface area is 73.2 Å². The maximum atomic E-state index is 5.88. The predicted octanol–water partition coefficient (Wildman–Crippen LogP) is 0.529. The van der Waals surface area contributed by atoms with Gasteiger partial charge in [0.1, 0.15) is 0 Å². The van der Waals surface area contributed by atoms with Crippen LogP contribution in [0.15, 0.2) is 0 Å². The van der Waals surface area contributed by atoms with Gasteiger partial charge in [-0.05, 0) is 25.2 Å². The van der Waals surface area contributed by atoms with Gasteiger partial charge in [0.05, 0.1) is 12.7 Å². The van der Waals surface area contributed by atoms with Gasteiger partial charge in [-0.3, -0.25) is 0 Å². The molecule has 0 aromatic carbocycles. The van der Waals surface area contributed by atoms with Gasteiger partial charge < -0.3 is 15.2 Å². The average molecular weight is 171 g/mol. The molecule has 0 spiro atoms. The summed E-state index contributed by atoms with van der Waals surface area (Å²) in [5.41, 5.74) is 5.88. The van der Waals surface area contributed by atoms with Crippen LogP contribution in [-0.4, -0.2) is 32.0 Å². The van der Waals surface area contributed by atoms with Crippen LogP contribution in [0.4, 0.5) is 0 Å². The molecule has 0 aromatic heterocycles. The molecule has 1 heterocycles. The van der Waals surface area contributed by atoms with Gasteiger partial charge in [0, 0.05) is 19.3 Å². The summed E-state index contributed by atoms with van der Waals surface area (Å²) >= 11 is 0. The first kappa shape index (κ1) is 8.48. The van der Waals surface area contributed by atoms with E-state index in [1.807, 2.05) is 0 Å². The number of ether oxygens (including phenoxy) is 2. The zero-order chi connectivity index (χ0) is 8.39. The third-order valence-corrected chi connectivity index (χ3v) is 2.60. The van der Waals surface area contributed by atoms with Gasteiger partial charge in [-0.2, -0.15) is 0 Å². The lowest BCUT2D eigenvalue weighted by Gasteiger charge is -2.28. The number of rotatable bonds is 3. The normalized spacial score (nSPS) is 36.8. The minimum atomic E-state index is 0.152. The van der Waals surface area contributed by atoms with Crippen LogP contribution in [0.2, 0.25) is 0 Å². The fourth-order valence-corrected chi connectivity index (χ4v) is 1.44. The highest BCUT2D eigenvalue weighted by Crippen LogP contribution is 2.29. The van der Waals surface area contributed by atoms with Gasteiger partial charge in [-0.15, -0.1) is 0 Å². The van der Waals surface area contributed by atoms with E-state index in [1.54, 1.807) is 0 Å². The van der Waals surface area contributed by atoms with Crippen molar-refractivity contribution in [1.29, 1.82) is 0 Å². The van der Waals surface area contributed by atoms with Crippen molar-refractivity contribution < 1.29 is 9.47 Å². The second-order valence-electron chi connectivity index (χ2n) is 3.84. The van der Waals surface area contributed by atoms with Crippen molar-refractivity contribution in [3.63, 3.8) is 0 Å². The van der Waals surface area contributed by atoms with E-state index in [9.17, 15) is 0 Å². The monoisotopic (exact) mass is 171 g/mol. The molecule has 0 radical (unpaired) electrons. The van der Waals surface area contributed by atoms with Crippen molar-refractivity contribution in [3.05, 3.63) is 0 Å². The fourth-order valence-electron chi connectivity index (χ4n) is 1.44. The molecule has 2 aliphatic rings. The molecule has 2 N–H and O–H groups in total. The first-order chi connectivity index (χ1) is 5.86. The van der Waals surface area contributed by atoms with Crippen LogP contribution in [0.5, 0.6) is 0 Å². The molecule has 0 bridgehead atoms. The maximum Gasteiger partial charge on any atom is 0.0959 e. The summed E-state index contributed by atoms with van der Waals surface area (Å²) in [6.45, 7) is 2.38. The Morgan fingerprint density at radius 1 is 1.33 bits per heavy atom. The lowest BCUT2D eigenvalue weighted by molar-refractivity contribution is -0.0639. The van der Waals surface area contributed by atoms with Crippen molar-refractivity contribution in [2.24, 2.45) is 11.7 Å². The average Bonchev–Trinajstić information content (AvgIpc) is 2.86. The third kappa shape index (κ3) is 2.19. The topological polar surface area (TPSA) is 44.5 Å². The molecule has 2 rings (SSSR count). The third-order valence-electron chi connectivity index (χ3n) is 2.60. The molecule has 1 aliphatic carbocycles. The second kappa shape index (κ2) is 3.73. The highest BCUT2D eigenvalue weighted by molar-refractivity contribution is 4.79. The minimum Gasteiger partial charge on any atom is -0.379 e. The van der Waals surface area contributed by atoms with Crippen molar-refractivity contribution in [3.8, 4) is 0 Å². The van der Waals surface area contributed by atoms with Gasteiger partial charge in [-0.25, -0.2) is 0 Å². The van der Waals surface area contributed by atoms with Crippen molar-refractivity contribution in [2.75, 3.05) is 19.8 Å². The molecular formula is C9H17NO2. The van der Waals surface area contributed by atoms with Crippen LogP contribution in [-0.2, 0) is 9.47 Å². The lowest BCUT2D eigenvalue weighted by atomic mass is 10.1. The van der Waals surface area contributed by atoms with E-state index in [1.165, 1.54) is 12.8 Å². The molecule has 1 saturated carbocycles. The second-order valence-corrected chi connectivity index (χ2v) is 3.84. The van der Waals surface area contributed by atoms with Crippen LogP contribution in [0.25, 0.3) is 0 Å². The highest BCUT2D eigenvalue weighted by Gasteiger charge is 2.27. The minimum absolute atomic E-state index is 0.152. The molecule has 3 nitrogen and oxygen atoms in total. The molecule has 0 amide bonds. The molecule has 70 valence electrons. The molecule has 2 unspecified atom stereocenters. The Hall–Kier alpha value is -0.120. The van der Waals surface area contributed by atoms with Gasteiger partial charge in [0.25, 0.3) is 0 Å². The summed E-state index contributed by atoms with van der Waals surface area (Å²) in [6.07, 6.45) is 3.76. The Balaban J connectivity index is 1.68. The number of nitrogens with two attached hydrogens (primary N) is 1. The summed E-state index contributed by atoms with van der Waals surface area (Å²) < 4.78 is 11.0. The van der Waals surface area contributed by atoms with Crippen molar-refractivity contribution >= 4 is 0 Å². The molecular weight excluding hydrogens is 154 g/mol. The smallest absolute Gasteiger partial charge is 0.0959 e. The Morgan fingerprint density at radius 3 is 2.83 bits per heavy atom. The maximum absolute atomic E-state index is 5.88.